The van der Waals surface area contributed by atoms with Crippen LogP contribution >= 0.6 is 0 Å². The molecule has 0 aliphatic carbocycles. The van der Waals surface area contributed by atoms with Gasteiger partial charge in [0, 0.05) is 32.7 Å². The number of carbonyl (C=O) groups excluding carboxylic acids is 1. The topological polar surface area (TPSA) is 86.7 Å². The molecule has 121 valence electrons. The number of rotatable bonds is 3. The molecule has 1 aromatic carbocycles. The predicted octanol–water partition coefficient (Wildman–Crippen LogP) is 1.49. The van der Waals surface area contributed by atoms with Gasteiger partial charge in [-0.3, -0.25) is 10.0 Å². The molecule has 0 saturated carbocycles. The van der Waals surface area contributed by atoms with E-state index in [1.807, 2.05) is 20.8 Å². The summed E-state index contributed by atoms with van der Waals surface area (Å²) in [6.45, 7) is 6.02. The van der Waals surface area contributed by atoms with Crippen LogP contribution in [0.3, 0.4) is 0 Å². The number of hydrogen-bond donors (Lipinski definition) is 2. The summed E-state index contributed by atoms with van der Waals surface area (Å²) in [7, 11) is -3.73. The minimum Gasteiger partial charge on any atom is -0.312 e. The van der Waals surface area contributed by atoms with Gasteiger partial charge in [-0.1, -0.05) is 31.5 Å². The largest absolute Gasteiger partial charge is 0.312 e. The van der Waals surface area contributed by atoms with Crippen LogP contribution in [0.1, 0.15) is 25.8 Å². The number of carbonyl (C=O) groups is 1. The van der Waals surface area contributed by atoms with Crippen molar-refractivity contribution in [2.45, 2.75) is 38.1 Å². The molecule has 1 saturated heterocycles. The van der Waals surface area contributed by atoms with Gasteiger partial charge < -0.3 is 6.42 Å². The van der Waals surface area contributed by atoms with E-state index in [0.29, 0.717) is 0 Å². The molecule has 0 bridgehead atoms. The second kappa shape index (κ2) is 9.72. The quantitative estimate of drug-likeness (QED) is 0.456. The molecule has 1 heterocycles. The maximum atomic E-state index is 12.4. The predicted molar refractivity (Wildman–Crippen MR) is 79.1 cm³/mol. The molecule has 1 radical (unpaired) electrons. The summed E-state index contributed by atoms with van der Waals surface area (Å²) in [6, 6.07) is 5.53. The normalized spacial score (nSPS) is 17.9. The van der Waals surface area contributed by atoms with Crippen LogP contribution in [0.25, 0.3) is 0 Å². The third kappa shape index (κ3) is 4.83. The summed E-state index contributed by atoms with van der Waals surface area (Å²) in [4.78, 5) is 11.6. The van der Waals surface area contributed by atoms with E-state index in [2.05, 4.69) is 0 Å². The first kappa shape index (κ1) is 21.7. The Hall–Kier alpha value is -0.336. The standard InChI is InChI=1S/C12H15N2O4S.C2H6.Y/c1-9-4-6-10(7-5-9)19(17,18)14-8-2-3-11(14)12(15)13-16;1-2;/h2,4-7,11,16H,3,8H2,1H3,(H,13,15);1-2H3;/q-1;;/t11-;;/m1../s1. The third-order valence-electron chi connectivity index (χ3n) is 3.09. The van der Waals surface area contributed by atoms with E-state index >= 15 is 0 Å². The monoisotopic (exact) mass is 402 g/mol. The molecule has 0 unspecified atom stereocenters. The van der Waals surface area contributed by atoms with E-state index in [0.717, 1.165) is 9.87 Å². The molecule has 6 nitrogen and oxygen atoms in total. The van der Waals surface area contributed by atoms with Crippen molar-refractivity contribution in [3.63, 3.8) is 0 Å². The molecule has 0 spiro atoms. The molecular formula is C14H21N2O4SY-. The van der Waals surface area contributed by atoms with Crippen LogP contribution in [0.4, 0.5) is 0 Å². The van der Waals surface area contributed by atoms with Crippen molar-refractivity contribution in [2.75, 3.05) is 6.54 Å². The fraction of sp³-hybridized carbons (Fsp3) is 0.429. The fourth-order valence-corrected chi connectivity index (χ4v) is 3.60. The van der Waals surface area contributed by atoms with Gasteiger partial charge in [-0.2, -0.15) is 6.42 Å². The molecule has 22 heavy (non-hydrogen) atoms. The average Bonchev–Trinajstić information content (AvgIpc) is 2.99. The maximum Gasteiger partial charge on any atom is 0.259 e. The molecule has 0 aromatic heterocycles. The van der Waals surface area contributed by atoms with Gasteiger partial charge >= 0.3 is 0 Å². The van der Waals surface area contributed by atoms with Gasteiger partial charge in [0.2, 0.25) is 10.0 Å². The first-order valence-electron chi connectivity index (χ1n) is 6.81. The minimum atomic E-state index is -3.73. The number of sulfonamides is 1. The molecule has 2 rings (SSSR count). The smallest absolute Gasteiger partial charge is 0.259 e. The molecule has 1 aliphatic rings. The van der Waals surface area contributed by atoms with E-state index in [1.165, 1.54) is 17.6 Å². The van der Waals surface area contributed by atoms with Crippen LogP contribution < -0.4 is 5.48 Å². The van der Waals surface area contributed by atoms with Gasteiger partial charge in [0.1, 0.15) is 0 Å². The van der Waals surface area contributed by atoms with E-state index in [1.54, 1.807) is 18.6 Å². The Morgan fingerprint density at radius 2 is 1.86 bits per heavy atom. The van der Waals surface area contributed by atoms with Crippen molar-refractivity contribution in [3.8, 4) is 0 Å². The first-order valence-corrected chi connectivity index (χ1v) is 8.25. The van der Waals surface area contributed by atoms with E-state index in [4.69, 9.17) is 5.21 Å². The third-order valence-corrected chi connectivity index (χ3v) is 4.98. The zero-order valence-electron chi connectivity index (χ0n) is 13.0. The van der Waals surface area contributed by atoms with Crippen molar-refractivity contribution in [2.24, 2.45) is 0 Å². The molecule has 2 N–H and O–H groups in total. The number of benzene rings is 1. The first-order chi connectivity index (χ1) is 9.96. The van der Waals surface area contributed by atoms with E-state index < -0.39 is 22.0 Å². The summed E-state index contributed by atoms with van der Waals surface area (Å²) in [6.07, 6.45) is 1.99. The van der Waals surface area contributed by atoms with Crippen LogP contribution in [0.15, 0.2) is 29.2 Å². The SMILES string of the molecule is CC.Cc1ccc(S(=O)(=O)N2C[CH-]C[C@@H]2C(=O)NO)cc1.[Y]. The molecule has 1 atom stereocenters. The fourth-order valence-electron chi connectivity index (χ4n) is 2.03. The van der Waals surface area contributed by atoms with Crippen LogP contribution in [-0.2, 0) is 47.5 Å². The summed E-state index contributed by atoms with van der Waals surface area (Å²) >= 11 is 0. The number of aryl methyl sites for hydroxylation is 1. The van der Waals surface area contributed by atoms with Gasteiger partial charge in [0.15, 0.2) is 0 Å². The summed E-state index contributed by atoms with van der Waals surface area (Å²) in [5, 5.41) is 8.65. The Bertz CT molecular complexity index is 575. The molecule has 1 aromatic rings. The Balaban J connectivity index is 0.00000141. The van der Waals surface area contributed by atoms with Crippen LogP contribution in [0.5, 0.6) is 0 Å². The second-order valence-corrected chi connectivity index (χ2v) is 6.29. The number of hydroxylamine groups is 1. The van der Waals surface area contributed by atoms with Crippen molar-refractivity contribution < 1.29 is 51.1 Å². The van der Waals surface area contributed by atoms with Crippen LogP contribution in [0.2, 0.25) is 0 Å². The molecule has 8 heteroatoms. The van der Waals surface area contributed by atoms with Crippen molar-refractivity contribution in [1.82, 2.24) is 9.79 Å². The number of nitrogens with one attached hydrogen (secondary N) is 1. The molecule has 1 aliphatic heterocycles. The van der Waals surface area contributed by atoms with E-state index in [-0.39, 0.29) is 50.6 Å². The van der Waals surface area contributed by atoms with Crippen molar-refractivity contribution >= 4 is 15.9 Å². The minimum absolute atomic E-state index is 0. The van der Waals surface area contributed by atoms with E-state index in [9.17, 15) is 13.2 Å². The summed E-state index contributed by atoms with van der Waals surface area (Å²) < 4.78 is 25.9. The number of hydrogen-bond acceptors (Lipinski definition) is 4. The average molecular weight is 402 g/mol. The molecular weight excluding hydrogens is 381 g/mol. The number of amides is 1. The van der Waals surface area contributed by atoms with Crippen molar-refractivity contribution in [3.05, 3.63) is 36.2 Å². The Morgan fingerprint density at radius 1 is 1.32 bits per heavy atom. The van der Waals surface area contributed by atoms with Gasteiger partial charge in [-0.25, -0.2) is 18.2 Å². The zero-order valence-corrected chi connectivity index (χ0v) is 16.6. The number of nitrogens with zero attached hydrogens (tertiary/aromatic N) is 1. The van der Waals surface area contributed by atoms with Gasteiger partial charge in [0.25, 0.3) is 5.91 Å². The van der Waals surface area contributed by atoms with Crippen molar-refractivity contribution in [1.29, 1.82) is 0 Å². The van der Waals surface area contributed by atoms with Gasteiger partial charge in [-0.15, -0.1) is 6.54 Å². The Labute approximate surface area is 157 Å². The Kier molecular flexibility index (Phi) is 9.58. The molecule has 1 amide bonds. The van der Waals surface area contributed by atoms with Crippen LogP contribution in [-0.4, -0.2) is 36.4 Å². The Morgan fingerprint density at radius 3 is 2.36 bits per heavy atom. The maximum absolute atomic E-state index is 12.4. The van der Waals surface area contributed by atoms with Gasteiger partial charge in [0.05, 0.1) is 10.9 Å². The summed E-state index contributed by atoms with van der Waals surface area (Å²) in [5.74, 6) is -0.718. The second-order valence-electron chi connectivity index (χ2n) is 4.40. The molecule has 1 fully saturated rings. The van der Waals surface area contributed by atoms with Crippen LogP contribution in [0, 0.1) is 13.3 Å². The zero-order chi connectivity index (χ0) is 16.0. The summed E-state index contributed by atoms with van der Waals surface area (Å²) in [5.41, 5.74) is 2.46. The van der Waals surface area contributed by atoms with Gasteiger partial charge in [-0.05, 0) is 19.1 Å².